The van der Waals surface area contributed by atoms with Gasteiger partial charge in [0.25, 0.3) is 0 Å². The summed E-state index contributed by atoms with van der Waals surface area (Å²) in [6.07, 6.45) is 2.16. The Morgan fingerprint density at radius 1 is 1.53 bits per heavy atom. The zero-order valence-electron chi connectivity index (χ0n) is 8.63. The second-order valence-electron chi connectivity index (χ2n) is 3.78. The van der Waals surface area contributed by atoms with E-state index >= 15 is 0 Å². The number of ketones is 1. The van der Waals surface area contributed by atoms with Crippen molar-refractivity contribution >= 4 is 29.1 Å². The van der Waals surface area contributed by atoms with E-state index in [1.165, 1.54) is 0 Å². The molecule has 0 aromatic heterocycles. The van der Waals surface area contributed by atoms with Crippen molar-refractivity contribution < 1.29 is 4.79 Å². The SMILES string of the molecule is Cc1c(Cl)cccc1C(=O)C1CCCS1. The summed E-state index contributed by atoms with van der Waals surface area (Å²) < 4.78 is 0. The van der Waals surface area contributed by atoms with Crippen LogP contribution in [0.4, 0.5) is 0 Å². The number of thioether (sulfide) groups is 1. The lowest BCUT2D eigenvalue weighted by atomic mass is 10.0. The average molecular weight is 241 g/mol. The van der Waals surface area contributed by atoms with Crippen molar-refractivity contribution in [3.63, 3.8) is 0 Å². The summed E-state index contributed by atoms with van der Waals surface area (Å²) in [6, 6.07) is 5.56. The molecule has 1 fully saturated rings. The first-order chi connectivity index (χ1) is 7.20. The smallest absolute Gasteiger partial charge is 0.176 e. The van der Waals surface area contributed by atoms with E-state index in [4.69, 9.17) is 11.6 Å². The molecule has 1 saturated heterocycles. The number of hydrogen-bond donors (Lipinski definition) is 0. The fourth-order valence-electron chi connectivity index (χ4n) is 1.83. The first-order valence-corrected chi connectivity index (χ1v) is 6.54. The molecule has 1 unspecified atom stereocenters. The summed E-state index contributed by atoms with van der Waals surface area (Å²) >= 11 is 7.77. The fourth-order valence-corrected chi connectivity index (χ4v) is 3.24. The van der Waals surface area contributed by atoms with Crippen LogP contribution in [-0.2, 0) is 0 Å². The molecule has 2 rings (SSSR count). The molecular formula is C12H13ClOS. The van der Waals surface area contributed by atoms with Gasteiger partial charge in [0.05, 0.1) is 5.25 Å². The topological polar surface area (TPSA) is 17.1 Å². The van der Waals surface area contributed by atoms with Gasteiger partial charge in [-0.1, -0.05) is 23.7 Å². The van der Waals surface area contributed by atoms with Gasteiger partial charge in [-0.15, -0.1) is 0 Å². The molecule has 1 nitrogen and oxygen atoms in total. The first-order valence-electron chi connectivity index (χ1n) is 5.11. The second kappa shape index (κ2) is 4.58. The van der Waals surface area contributed by atoms with Crippen LogP contribution in [0.5, 0.6) is 0 Å². The monoisotopic (exact) mass is 240 g/mol. The third kappa shape index (κ3) is 2.21. The Hall–Kier alpha value is -0.470. The lowest BCUT2D eigenvalue weighted by molar-refractivity contribution is 0.0988. The number of rotatable bonds is 2. The van der Waals surface area contributed by atoms with E-state index in [9.17, 15) is 4.79 Å². The summed E-state index contributed by atoms with van der Waals surface area (Å²) in [7, 11) is 0. The zero-order chi connectivity index (χ0) is 10.8. The molecule has 1 aliphatic rings. The van der Waals surface area contributed by atoms with E-state index in [-0.39, 0.29) is 11.0 Å². The highest BCUT2D eigenvalue weighted by Gasteiger charge is 2.25. The summed E-state index contributed by atoms with van der Waals surface area (Å²) in [4.78, 5) is 12.1. The van der Waals surface area contributed by atoms with Crippen LogP contribution >= 0.6 is 23.4 Å². The molecule has 80 valence electrons. The van der Waals surface area contributed by atoms with E-state index in [1.807, 2.05) is 25.1 Å². The van der Waals surface area contributed by atoms with Gasteiger partial charge in [0, 0.05) is 10.6 Å². The van der Waals surface area contributed by atoms with Crippen molar-refractivity contribution in [3.05, 3.63) is 34.3 Å². The molecule has 1 aromatic carbocycles. The maximum absolute atomic E-state index is 12.1. The molecule has 1 heterocycles. The summed E-state index contributed by atoms with van der Waals surface area (Å²) in [6.45, 7) is 1.91. The van der Waals surface area contributed by atoms with E-state index < -0.39 is 0 Å². The minimum atomic E-state index is 0.155. The van der Waals surface area contributed by atoms with E-state index in [2.05, 4.69) is 0 Å². The van der Waals surface area contributed by atoms with Crippen LogP contribution in [-0.4, -0.2) is 16.8 Å². The number of Topliss-reactive ketones (excluding diaryl/α,β-unsaturated/α-hetero) is 1. The third-order valence-corrected chi connectivity index (χ3v) is 4.54. The summed E-state index contributed by atoms with van der Waals surface area (Å²) in [5.41, 5.74) is 1.71. The van der Waals surface area contributed by atoms with Crippen molar-refractivity contribution in [2.24, 2.45) is 0 Å². The Balaban J connectivity index is 2.28. The minimum Gasteiger partial charge on any atom is -0.293 e. The molecule has 0 bridgehead atoms. The number of carbonyl (C=O) groups excluding carboxylic acids is 1. The largest absolute Gasteiger partial charge is 0.293 e. The summed E-state index contributed by atoms with van der Waals surface area (Å²) in [5.74, 6) is 1.35. The molecule has 1 aliphatic heterocycles. The lowest BCUT2D eigenvalue weighted by Gasteiger charge is -2.10. The van der Waals surface area contributed by atoms with E-state index in [0.717, 1.165) is 29.7 Å². The van der Waals surface area contributed by atoms with Crippen molar-refractivity contribution in [3.8, 4) is 0 Å². The molecule has 0 radical (unpaired) electrons. The van der Waals surface area contributed by atoms with Gasteiger partial charge in [0.2, 0.25) is 0 Å². The van der Waals surface area contributed by atoms with E-state index in [1.54, 1.807) is 11.8 Å². The molecular weight excluding hydrogens is 228 g/mol. The average Bonchev–Trinajstić information content (AvgIpc) is 2.74. The van der Waals surface area contributed by atoms with Gasteiger partial charge in [0.15, 0.2) is 5.78 Å². The number of hydrogen-bond acceptors (Lipinski definition) is 2. The highest BCUT2D eigenvalue weighted by atomic mass is 35.5. The normalized spacial score (nSPS) is 20.5. The Kier molecular flexibility index (Phi) is 3.37. The molecule has 0 saturated carbocycles. The van der Waals surface area contributed by atoms with Crippen LogP contribution in [0.3, 0.4) is 0 Å². The van der Waals surface area contributed by atoms with Crippen molar-refractivity contribution in [2.45, 2.75) is 25.0 Å². The standard InChI is InChI=1S/C12H13ClOS/c1-8-9(4-2-5-10(8)13)12(14)11-6-3-7-15-11/h2,4-5,11H,3,6-7H2,1H3. The van der Waals surface area contributed by atoms with Gasteiger partial charge in [-0.2, -0.15) is 11.8 Å². The third-order valence-electron chi connectivity index (χ3n) is 2.76. The molecule has 0 amide bonds. The highest BCUT2D eigenvalue weighted by molar-refractivity contribution is 8.00. The van der Waals surface area contributed by atoms with Gasteiger partial charge in [-0.3, -0.25) is 4.79 Å². The van der Waals surface area contributed by atoms with Gasteiger partial charge >= 0.3 is 0 Å². The number of carbonyl (C=O) groups is 1. The van der Waals surface area contributed by atoms with Gasteiger partial charge in [0.1, 0.15) is 0 Å². The fraction of sp³-hybridized carbons (Fsp3) is 0.417. The molecule has 1 aromatic rings. The van der Waals surface area contributed by atoms with Crippen LogP contribution in [0.2, 0.25) is 5.02 Å². The quantitative estimate of drug-likeness (QED) is 0.733. The predicted molar refractivity (Wildman–Crippen MR) is 66.0 cm³/mol. The first kappa shape index (κ1) is 11.0. The predicted octanol–water partition coefficient (Wildman–Crippen LogP) is 3.73. The Morgan fingerprint density at radius 3 is 3.00 bits per heavy atom. The van der Waals surface area contributed by atoms with Crippen molar-refractivity contribution in [2.75, 3.05) is 5.75 Å². The van der Waals surface area contributed by atoms with Gasteiger partial charge in [-0.05, 0) is 37.1 Å². The lowest BCUT2D eigenvalue weighted by Crippen LogP contribution is -2.15. The highest BCUT2D eigenvalue weighted by Crippen LogP contribution is 2.31. The Morgan fingerprint density at radius 2 is 2.33 bits per heavy atom. The van der Waals surface area contributed by atoms with Crippen LogP contribution in [0.15, 0.2) is 18.2 Å². The minimum absolute atomic E-state index is 0.155. The zero-order valence-corrected chi connectivity index (χ0v) is 10.2. The Labute approximate surface area is 99.2 Å². The number of benzene rings is 1. The second-order valence-corrected chi connectivity index (χ2v) is 5.50. The van der Waals surface area contributed by atoms with E-state index in [0.29, 0.717) is 5.02 Å². The number of halogens is 1. The van der Waals surface area contributed by atoms with Crippen molar-refractivity contribution in [1.29, 1.82) is 0 Å². The van der Waals surface area contributed by atoms with Crippen LogP contribution in [0.1, 0.15) is 28.8 Å². The van der Waals surface area contributed by atoms with Crippen LogP contribution < -0.4 is 0 Å². The maximum atomic E-state index is 12.1. The molecule has 3 heteroatoms. The van der Waals surface area contributed by atoms with Crippen LogP contribution in [0, 0.1) is 6.92 Å². The van der Waals surface area contributed by atoms with Crippen LogP contribution in [0.25, 0.3) is 0 Å². The summed E-state index contributed by atoms with van der Waals surface area (Å²) in [5, 5.41) is 0.839. The molecule has 15 heavy (non-hydrogen) atoms. The van der Waals surface area contributed by atoms with Gasteiger partial charge < -0.3 is 0 Å². The maximum Gasteiger partial charge on any atom is 0.176 e. The molecule has 0 aliphatic carbocycles. The van der Waals surface area contributed by atoms with Gasteiger partial charge in [-0.25, -0.2) is 0 Å². The molecule has 1 atom stereocenters. The molecule has 0 spiro atoms. The molecule has 0 N–H and O–H groups in total. The van der Waals surface area contributed by atoms with Crippen molar-refractivity contribution in [1.82, 2.24) is 0 Å². The Bertz CT molecular complexity index is 383.